The van der Waals surface area contributed by atoms with Gasteiger partial charge in [0.2, 0.25) is 5.76 Å². The lowest BCUT2D eigenvalue weighted by Gasteiger charge is -2.17. The van der Waals surface area contributed by atoms with Crippen LogP contribution in [0.3, 0.4) is 0 Å². The van der Waals surface area contributed by atoms with Crippen LogP contribution >= 0.6 is 11.8 Å². The Kier molecular flexibility index (Phi) is 3.82. The molecule has 0 amide bonds. The van der Waals surface area contributed by atoms with E-state index in [0.717, 1.165) is 5.75 Å². The molecule has 84 valence electrons. The average molecular weight is 229 g/mol. The molecular formula is C10H15NO3S. The fourth-order valence-corrected chi connectivity index (χ4v) is 2.14. The molecule has 0 unspecified atom stereocenters. The van der Waals surface area contributed by atoms with E-state index in [1.165, 1.54) is 6.26 Å². The summed E-state index contributed by atoms with van der Waals surface area (Å²) in [6, 6.07) is 1.68. The molecule has 0 aliphatic rings. The van der Waals surface area contributed by atoms with E-state index >= 15 is 0 Å². The van der Waals surface area contributed by atoms with Gasteiger partial charge in [0.25, 0.3) is 0 Å². The lowest BCUT2D eigenvalue weighted by atomic mass is 10.1. The van der Waals surface area contributed by atoms with Crippen molar-refractivity contribution >= 4 is 17.7 Å². The summed E-state index contributed by atoms with van der Waals surface area (Å²) in [5.74, 6) is 0.385. The third-order valence-electron chi connectivity index (χ3n) is 1.67. The lowest BCUT2D eigenvalue weighted by Crippen LogP contribution is -2.34. The predicted octanol–water partition coefficient (Wildman–Crippen LogP) is 1.95. The first-order valence-electron chi connectivity index (χ1n) is 4.56. The monoisotopic (exact) mass is 229 g/mol. The van der Waals surface area contributed by atoms with E-state index in [4.69, 9.17) is 15.3 Å². The van der Waals surface area contributed by atoms with Gasteiger partial charge < -0.3 is 15.3 Å². The largest absolute Gasteiger partial charge is 0.475 e. The van der Waals surface area contributed by atoms with Crippen molar-refractivity contribution in [1.29, 1.82) is 0 Å². The first-order chi connectivity index (χ1) is 6.90. The summed E-state index contributed by atoms with van der Waals surface area (Å²) in [5, 5.41) is 8.79. The zero-order valence-corrected chi connectivity index (χ0v) is 9.63. The van der Waals surface area contributed by atoms with E-state index < -0.39 is 5.97 Å². The lowest BCUT2D eigenvalue weighted by molar-refractivity contribution is 0.0661. The zero-order chi connectivity index (χ0) is 11.5. The van der Waals surface area contributed by atoms with Crippen LogP contribution in [0.25, 0.3) is 0 Å². The van der Waals surface area contributed by atoms with Crippen molar-refractivity contribution in [2.45, 2.75) is 25.1 Å². The molecule has 1 aromatic rings. The third-order valence-corrected chi connectivity index (χ3v) is 3.14. The van der Waals surface area contributed by atoms with Crippen LogP contribution in [0.15, 0.2) is 16.7 Å². The Balaban J connectivity index is 2.51. The highest BCUT2D eigenvalue weighted by molar-refractivity contribution is 7.98. The third kappa shape index (κ3) is 3.97. The standard InChI is InChI=1S/C10H15NO3S/c1-10(2,11)6-15-5-7-3-4-14-8(7)9(12)13/h3-4H,5-6,11H2,1-2H3,(H,12,13). The van der Waals surface area contributed by atoms with Gasteiger partial charge in [-0.2, -0.15) is 11.8 Å². The van der Waals surface area contributed by atoms with E-state index in [-0.39, 0.29) is 11.3 Å². The number of rotatable bonds is 5. The molecule has 5 heteroatoms. The molecule has 0 aliphatic carbocycles. The SMILES string of the molecule is CC(C)(N)CSCc1ccoc1C(=O)O. The molecule has 0 atom stereocenters. The minimum atomic E-state index is -1.03. The van der Waals surface area contributed by atoms with Crippen LogP contribution in [-0.4, -0.2) is 22.4 Å². The second-order valence-corrected chi connectivity index (χ2v) is 5.05. The zero-order valence-electron chi connectivity index (χ0n) is 8.82. The number of hydrogen-bond donors (Lipinski definition) is 2. The van der Waals surface area contributed by atoms with Crippen LogP contribution in [-0.2, 0) is 5.75 Å². The first kappa shape index (κ1) is 12.1. The van der Waals surface area contributed by atoms with Crippen molar-refractivity contribution in [3.05, 3.63) is 23.7 Å². The highest BCUT2D eigenvalue weighted by Gasteiger charge is 2.15. The summed E-state index contributed by atoms with van der Waals surface area (Å²) in [6.45, 7) is 3.88. The fraction of sp³-hybridized carbons (Fsp3) is 0.500. The van der Waals surface area contributed by atoms with Crippen molar-refractivity contribution in [3.63, 3.8) is 0 Å². The molecule has 0 bridgehead atoms. The molecule has 3 N–H and O–H groups in total. The van der Waals surface area contributed by atoms with Crippen LogP contribution in [0.4, 0.5) is 0 Å². The molecule has 0 aliphatic heterocycles. The van der Waals surface area contributed by atoms with Gasteiger partial charge in [-0.1, -0.05) is 0 Å². The van der Waals surface area contributed by atoms with Crippen LogP contribution in [0, 0.1) is 0 Å². The summed E-state index contributed by atoms with van der Waals surface area (Å²) in [5.41, 5.74) is 6.28. The van der Waals surface area contributed by atoms with Gasteiger partial charge in [-0.15, -0.1) is 0 Å². The molecule has 1 heterocycles. The molecule has 15 heavy (non-hydrogen) atoms. The van der Waals surface area contributed by atoms with Gasteiger partial charge in [0.15, 0.2) is 0 Å². The molecule has 0 fully saturated rings. The van der Waals surface area contributed by atoms with E-state index in [0.29, 0.717) is 11.3 Å². The number of aromatic carboxylic acids is 1. The van der Waals surface area contributed by atoms with Crippen molar-refractivity contribution in [2.75, 3.05) is 5.75 Å². The normalized spacial score (nSPS) is 11.7. The number of hydrogen-bond acceptors (Lipinski definition) is 4. The van der Waals surface area contributed by atoms with Gasteiger partial charge in [-0.05, 0) is 19.9 Å². The van der Waals surface area contributed by atoms with Crippen molar-refractivity contribution in [1.82, 2.24) is 0 Å². The minimum absolute atomic E-state index is 0.0253. The summed E-state index contributed by atoms with van der Waals surface area (Å²) >= 11 is 1.60. The van der Waals surface area contributed by atoms with Crippen LogP contribution < -0.4 is 5.73 Å². The molecule has 1 aromatic heterocycles. The van der Waals surface area contributed by atoms with Gasteiger partial charge >= 0.3 is 5.97 Å². The summed E-state index contributed by atoms with van der Waals surface area (Å²) in [7, 11) is 0. The van der Waals surface area contributed by atoms with E-state index in [2.05, 4.69) is 0 Å². The number of furan rings is 1. The maximum Gasteiger partial charge on any atom is 0.372 e. The van der Waals surface area contributed by atoms with Crippen molar-refractivity contribution in [3.8, 4) is 0 Å². The van der Waals surface area contributed by atoms with E-state index in [1.807, 2.05) is 13.8 Å². The van der Waals surface area contributed by atoms with Crippen molar-refractivity contribution < 1.29 is 14.3 Å². The number of nitrogens with two attached hydrogens (primary N) is 1. The van der Waals surface area contributed by atoms with Crippen LogP contribution in [0.2, 0.25) is 0 Å². The summed E-state index contributed by atoms with van der Waals surface area (Å²) in [4.78, 5) is 10.7. The molecule has 0 spiro atoms. The van der Waals surface area contributed by atoms with Gasteiger partial charge in [0.1, 0.15) is 0 Å². The quantitative estimate of drug-likeness (QED) is 0.807. The highest BCUT2D eigenvalue weighted by atomic mass is 32.2. The Hall–Kier alpha value is -0.940. The minimum Gasteiger partial charge on any atom is -0.475 e. The predicted molar refractivity (Wildman–Crippen MR) is 60.1 cm³/mol. The van der Waals surface area contributed by atoms with E-state index in [1.54, 1.807) is 17.8 Å². The first-order valence-corrected chi connectivity index (χ1v) is 5.72. The van der Waals surface area contributed by atoms with Gasteiger partial charge in [-0.25, -0.2) is 4.79 Å². The van der Waals surface area contributed by atoms with Gasteiger partial charge in [0, 0.05) is 22.6 Å². The van der Waals surface area contributed by atoms with E-state index in [9.17, 15) is 4.79 Å². The number of carboxylic acid groups (broad SMARTS) is 1. The molecule has 0 saturated carbocycles. The molecule has 0 aromatic carbocycles. The number of carbonyl (C=O) groups is 1. The number of thioether (sulfide) groups is 1. The Labute approximate surface area is 92.8 Å². The number of carboxylic acids is 1. The molecule has 0 saturated heterocycles. The maximum absolute atomic E-state index is 10.7. The Morgan fingerprint density at radius 2 is 2.33 bits per heavy atom. The smallest absolute Gasteiger partial charge is 0.372 e. The molecule has 1 rings (SSSR count). The van der Waals surface area contributed by atoms with Crippen molar-refractivity contribution in [2.24, 2.45) is 5.73 Å². The summed E-state index contributed by atoms with van der Waals surface area (Å²) < 4.78 is 4.86. The maximum atomic E-state index is 10.7. The molecule has 4 nitrogen and oxygen atoms in total. The van der Waals surface area contributed by atoms with Crippen LogP contribution in [0.5, 0.6) is 0 Å². The molecule has 0 radical (unpaired) electrons. The Bertz CT molecular complexity index is 341. The topological polar surface area (TPSA) is 76.5 Å². The molecular weight excluding hydrogens is 214 g/mol. The fourth-order valence-electron chi connectivity index (χ4n) is 1.06. The second-order valence-electron chi connectivity index (χ2n) is 4.06. The van der Waals surface area contributed by atoms with Gasteiger partial charge in [-0.3, -0.25) is 0 Å². The summed E-state index contributed by atoms with van der Waals surface area (Å²) in [6.07, 6.45) is 1.40. The highest BCUT2D eigenvalue weighted by Crippen LogP contribution is 2.20. The Morgan fingerprint density at radius 3 is 2.87 bits per heavy atom. The van der Waals surface area contributed by atoms with Gasteiger partial charge in [0.05, 0.1) is 6.26 Å². The van der Waals surface area contributed by atoms with Crippen LogP contribution in [0.1, 0.15) is 30.0 Å². The second kappa shape index (κ2) is 4.72. The Morgan fingerprint density at radius 1 is 1.67 bits per heavy atom. The average Bonchev–Trinajstić information content (AvgIpc) is 2.49.